The Hall–Kier alpha value is -5.29. The zero-order valence-electron chi connectivity index (χ0n) is 25.9. The molecule has 240 valence electrons. The molecular formula is C37H35N3O7. The van der Waals surface area contributed by atoms with Crippen LogP contribution in [0.5, 0.6) is 11.5 Å². The first-order chi connectivity index (χ1) is 22.9. The van der Waals surface area contributed by atoms with Crippen LogP contribution in [-0.4, -0.2) is 58.7 Å². The standard InChI is InChI=1S/C37H35N3O7/c1-45-29-17-13-27(14-18-29)37(26-11-7-4-8-12-26,28-15-19-30(46-2)20-16-28)36(23-31(42)32(24-41)47-36)40-22-21-33(39-35(40)44)38-34(43)25-9-5-3-6-10-25/h3-22,31-32,41-42H,23-24H2,1-2H3,(H,38,39,43,44)/t31-,32+,36-/m0/s1. The summed E-state index contributed by atoms with van der Waals surface area (Å²) in [4.78, 5) is 31.4. The predicted octanol–water partition coefficient (Wildman–Crippen LogP) is 4.34. The van der Waals surface area contributed by atoms with Crippen molar-refractivity contribution in [1.82, 2.24) is 9.55 Å². The van der Waals surface area contributed by atoms with Crippen molar-refractivity contribution >= 4 is 11.7 Å². The van der Waals surface area contributed by atoms with Crippen LogP contribution >= 0.6 is 0 Å². The highest BCUT2D eigenvalue weighted by Crippen LogP contribution is 2.57. The zero-order valence-corrected chi connectivity index (χ0v) is 25.9. The van der Waals surface area contributed by atoms with E-state index in [2.05, 4.69) is 10.3 Å². The van der Waals surface area contributed by atoms with E-state index in [9.17, 15) is 19.8 Å². The molecule has 10 nitrogen and oxygen atoms in total. The van der Waals surface area contributed by atoms with Gasteiger partial charge < -0.3 is 29.7 Å². The Morgan fingerprint density at radius 3 is 1.89 bits per heavy atom. The van der Waals surface area contributed by atoms with Crippen LogP contribution in [0.15, 0.2) is 126 Å². The maximum atomic E-state index is 14.2. The summed E-state index contributed by atoms with van der Waals surface area (Å²) in [6.07, 6.45) is -0.766. The SMILES string of the molecule is COc1ccc(C(c2ccccc2)(c2ccc(OC)cc2)[C@]2(n3ccc(NC(=O)c4ccccc4)nc3=O)C[C@H](O)[C@@H](CO)O2)cc1. The van der Waals surface area contributed by atoms with Gasteiger partial charge in [0.1, 0.15) is 23.4 Å². The van der Waals surface area contributed by atoms with E-state index in [4.69, 9.17) is 14.2 Å². The average molecular weight is 634 g/mol. The molecule has 0 unspecified atom stereocenters. The van der Waals surface area contributed by atoms with Gasteiger partial charge in [0.25, 0.3) is 5.91 Å². The summed E-state index contributed by atoms with van der Waals surface area (Å²) >= 11 is 0. The second-order valence-electron chi connectivity index (χ2n) is 11.3. The topological polar surface area (TPSA) is 132 Å². The molecule has 47 heavy (non-hydrogen) atoms. The highest BCUT2D eigenvalue weighted by atomic mass is 16.6. The van der Waals surface area contributed by atoms with Gasteiger partial charge in [-0.15, -0.1) is 0 Å². The molecule has 3 atom stereocenters. The largest absolute Gasteiger partial charge is 0.497 e. The van der Waals surface area contributed by atoms with Gasteiger partial charge in [0, 0.05) is 18.2 Å². The van der Waals surface area contributed by atoms with Crippen molar-refractivity contribution in [3.63, 3.8) is 0 Å². The minimum absolute atomic E-state index is 0.0479. The number of hydrogen-bond donors (Lipinski definition) is 3. The Balaban J connectivity index is 1.64. The van der Waals surface area contributed by atoms with Gasteiger partial charge >= 0.3 is 5.69 Å². The Morgan fingerprint density at radius 1 is 0.872 bits per heavy atom. The van der Waals surface area contributed by atoms with Crippen molar-refractivity contribution in [2.24, 2.45) is 0 Å². The van der Waals surface area contributed by atoms with Crippen LogP contribution in [0.25, 0.3) is 0 Å². The molecule has 1 fully saturated rings. The molecule has 10 heteroatoms. The molecular weight excluding hydrogens is 598 g/mol. The number of ether oxygens (including phenoxy) is 3. The number of methoxy groups -OCH3 is 2. The highest BCUT2D eigenvalue weighted by Gasteiger charge is 2.63. The molecule has 1 amide bonds. The van der Waals surface area contributed by atoms with Crippen LogP contribution in [-0.2, 0) is 15.9 Å². The summed E-state index contributed by atoms with van der Waals surface area (Å²) in [5.74, 6) is 0.870. The first-order valence-electron chi connectivity index (χ1n) is 15.1. The summed E-state index contributed by atoms with van der Waals surface area (Å²) in [6.45, 7) is -0.494. The molecule has 5 aromatic rings. The van der Waals surface area contributed by atoms with Gasteiger partial charge in [0.2, 0.25) is 0 Å². The van der Waals surface area contributed by atoms with Crippen molar-refractivity contribution in [2.75, 3.05) is 26.1 Å². The van der Waals surface area contributed by atoms with E-state index in [0.29, 0.717) is 28.2 Å². The average Bonchev–Trinajstić information content (AvgIpc) is 3.46. The van der Waals surface area contributed by atoms with Gasteiger partial charge in [0.15, 0.2) is 5.72 Å². The maximum absolute atomic E-state index is 14.2. The number of anilines is 1. The number of carbonyl (C=O) groups is 1. The molecule has 0 bridgehead atoms. The molecule has 4 aromatic carbocycles. The van der Waals surface area contributed by atoms with Gasteiger partial charge in [-0.25, -0.2) is 4.79 Å². The molecule has 3 N–H and O–H groups in total. The quantitative estimate of drug-likeness (QED) is 0.194. The van der Waals surface area contributed by atoms with E-state index < -0.39 is 41.6 Å². The number of aliphatic hydroxyl groups is 2. The molecule has 1 aliphatic rings. The van der Waals surface area contributed by atoms with Crippen LogP contribution < -0.4 is 20.5 Å². The Labute approximate surface area is 271 Å². The van der Waals surface area contributed by atoms with E-state index in [-0.39, 0.29) is 12.2 Å². The molecule has 0 saturated carbocycles. The fourth-order valence-electron chi connectivity index (χ4n) is 6.60. The third-order valence-electron chi connectivity index (χ3n) is 8.75. The highest BCUT2D eigenvalue weighted by molar-refractivity contribution is 6.03. The number of aliphatic hydroxyl groups excluding tert-OH is 2. The minimum atomic E-state index is -1.68. The van der Waals surface area contributed by atoms with Crippen LogP contribution in [0.2, 0.25) is 0 Å². The number of aromatic nitrogens is 2. The summed E-state index contributed by atoms with van der Waals surface area (Å²) in [5, 5.41) is 24.5. The minimum Gasteiger partial charge on any atom is -0.497 e. The van der Waals surface area contributed by atoms with Crippen LogP contribution in [0, 0.1) is 0 Å². The molecule has 1 aromatic heterocycles. The van der Waals surface area contributed by atoms with E-state index in [1.165, 1.54) is 16.8 Å². The van der Waals surface area contributed by atoms with Gasteiger partial charge in [0.05, 0.1) is 32.3 Å². The second-order valence-corrected chi connectivity index (χ2v) is 11.3. The molecule has 1 aliphatic heterocycles. The zero-order chi connectivity index (χ0) is 33.0. The lowest BCUT2D eigenvalue weighted by Crippen LogP contribution is -2.58. The third-order valence-corrected chi connectivity index (χ3v) is 8.75. The lowest BCUT2D eigenvalue weighted by molar-refractivity contribution is -0.147. The van der Waals surface area contributed by atoms with Crippen LogP contribution in [0.1, 0.15) is 33.5 Å². The van der Waals surface area contributed by atoms with Crippen LogP contribution in [0.3, 0.4) is 0 Å². The lowest BCUT2D eigenvalue weighted by Gasteiger charge is -2.50. The van der Waals surface area contributed by atoms with Crippen LogP contribution in [0.4, 0.5) is 5.82 Å². The number of hydrogen-bond acceptors (Lipinski definition) is 8. The van der Waals surface area contributed by atoms with E-state index in [1.54, 1.807) is 44.6 Å². The van der Waals surface area contributed by atoms with Gasteiger partial charge in [-0.3, -0.25) is 9.36 Å². The first kappa shape index (κ1) is 31.7. The number of benzene rings is 4. The molecule has 2 heterocycles. The fraction of sp³-hybridized carbons (Fsp3) is 0.216. The van der Waals surface area contributed by atoms with Crippen molar-refractivity contribution in [1.29, 1.82) is 0 Å². The third kappa shape index (κ3) is 5.56. The van der Waals surface area contributed by atoms with Gasteiger partial charge in [-0.2, -0.15) is 4.98 Å². The van der Waals surface area contributed by atoms with E-state index >= 15 is 0 Å². The maximum Gasteiger partial charge on any atom is 0.351 e. The first-order valence-corrected chi connectivity index (χ1v) is 15.1. The van der Waals surface area contributed by atoms with Gasteiger partial charge in [-0.05, 0) is 59.2 Å². The van der Waals surface area contributed by atoms with Crippen molar-refractivity contribution in [2.45, 2.75) is 29.8 Å². The molecule has 0 radical (unpaired) electrons. The number of nitrogens with one attached hydrogen (secondary N) is 1. The second kappa shape index (κ2) is 13.2. The molecule has 6 rings (SSSR count). The number of carbonyl (C=O) groups excluding carboxylic acids is 1. The molecule has 1 saturated heterocycles. The molecule has 0 spiro atoms. The van der Waals surface area contributed by atoms with Gasteiger partial charge in [-0.1, -0.05) is 72.8 Å². The Kier molecular flexibility index (Phi) is 8.91. The number of rotatable bonds is 10. The number of nitrogens with zero attached hydrogens (tertiary/aromatic N) is 2. The predicted molar refractivity (Wildman–Crippen MR) is 176 cm³/mol. The van der Waals surface area contributed by atoms with E-state index in [0.717, 1.165) is 5.56 Å². The summed E-state index contributed by atoms with van der Waals surface area (Å²) < 4.78 is 19.1. The number of amides is 1. The fourth-order valence-corrected chi connectivity index (χ4v) is 6.60. The van der Waals surface area contributed by atoms with Crippen molar-refractivity contribution in [3.8, 4) is 11.5 Å². The Morgan fingerprint density at radius 2 is 1.40 bits per heavy atom. The summed E-state index contributed by atoms with van der Waals surface area (Å²) in [6, 6.07) is 34.5. The van der Waals surface area contributed by atoms with Crippen molar-refractivity contribution < 1.29 is 29.2 Å². The summed E-state index contributed by atoms with van der Waals surface area (Å²) in [5.41, 5.74) is -1.15. The normalized spacial score (nSPS) is 19.2. The van der Waals surface area contributed by atoms with E-state index in [1.807, 2.05) is 78.9 Å². The van der Waals surface area contributed by atoms with Crippen molar-refractivity contribution in [3.05, 3.63) is 154 Å². The summed E-state index contributed by atoms with van der Waals surface area (Å²) in [7, 11) is 3.16. The molecule has 0 aliphatic carbocycles. The lowest BCUT2D eigenvalue weighted by atomic mass is 9.61. The Bertz CT molecular complexity index is 1830. The smallest absolute Gasteiger partial charge is 0.351 e. The monoisotopic (exact) mass is 633 g/mol.